The van der Waals surface area contributed by atoms with Gasteiger partial charge in [0.05, 0.1) is 17.4 Å². The van der Waals surface area contributed by atoms with Crippen LogP contribution in [0.1, 0.15) is 51.6 Å². The van der Waals surface area contributed by atoms with Crippen LogP contribution in [0.3, 0.4) is 0 Å². The summed E-state index contributed by atoms with van der Waals surface area (Å²) >= 11 is 0. The normalized spacial score (nSPS) is 22.3. The Kier molecular flexibility index (Phi) is 2.41. The van der Waals surface area contributed by atoms with Gasteiger partial charge in [0.1, 0.15) is 5.78 Å². The van der Waals surface area contributed by atoms with Gasteiger partial charge in [-0.15, -0.1) is 0 Å². The lowest BCUT2D eigenvalue weighted by atomic mass is 10.1. The van der Waals surface area contributed by atoms with Gasteiger partial charge in [-0.25, -0.2) is 0 Å². The van der Waals surface area contributed by atoms with Crippen molar-refractivity contribution < 1.29 is 4.79 Å². The summed E-state index contributed by atoms with van der Waals surface area (Å²) in [6.45, 7) is 6.29. The second-order valence-electron chi connectivity index (χ2n) is 5.26. The van der Waals surface area contributed by atoms with Crippen molar-refractivity contribution in [2.75, 3.05) is 0 Å². The first-order valence-corrected chi connectivity index (χ1v) is 5.46. The van der Waals surface area contributed by atoms with Gasteiger partial charge in [-0.1, -0.05) is 0 Å². The number of aromatic nitrogens is 2. The van der Waals surface area contributed by atoms with Crippen molar-refractivity contribution in [1.82, 2.24) is 9.78 Å². The number of hydrogen-bond acceptors (Lipinski definition) is 2. The summed E-state index contributed by atoms with van der Waals surface area (Å²) in [5.41, 5.74) is 0.997. The predicted molar refractivity (Wildman–Crippen MR) is 57.7 cm³/mol. The largest absolute Gasteiger partial charge is 0.300 e. The minimum atomic E-state index is -0.0269. The Balaban J connectivity index is 2.17. The van der Waals surface area contributed by atoms with E-state index in [1.54, 1.807) is 0 Å². The van der Waals surface area contributed by atoms with E-state index in [2.05, 4.69) is 32.1 Å². The average molecular weight is 205 g/mol. The molecule has 1 aromatic heterocycles. The number of carbonyl (C=O) groups is 1. The van der Waals surface area contributed by atoms with Crippen LogP contribution in [0.15, 0.2) is 6.07 Å². The van der Waals surface area contributed by atoms with Gasteiger partial charge < -0.3 is 0 Å². The second-order valence-corrected chi connectivity index (χ2v) is 5.26. The Bertz CT molecular complexity index is 373. The minimum absolute atomic E-state index is 0.0269. The van der Waals surface area contributed by atoms with Crippen LogP contribution in [0.5, 0.6) is 0 Å². The number of Topliss-reactive ketones (excluding diaryl/α,β-unsaturated/α-hetero) is 1. The smallest absolute Gasteiger partial charge is 0.133 e. The van der Waals surface area contributed by atoms with E-state index in [1.807, 2.05) is 10.7 Å². The maximum absolute atomic E-state index is 11.2. The highest BCUT2D eigenvalue weighted by atomic mass is 16.1. The van der Waals surface area contributed by atoms with Crippen LogP contribution in [0, 0.1) is 6.20 Å². The zero-order valence-corrected chi connectivity index (χ0v) is 9.58. The molecular weight excluding hydrogens is 188 g/mol. The molecule has 1 unspecified atom stereocenters. The highest BCUT2D eigenvalue weighted by Crippen LogP contribution is 2.31. The van der Waals surface area contributed by atoms with Crippen LogP contribution in [0.2, 0.25) is 0 Å². The fourth-order valence-electron chi connectivity index (χ4n) is 1.91. The van der Waals surface area contributed by atoms with Crippen molar-refractivity contribution in [2.24, 2.45) is 0 Å². The van der Waals surface area contributed by atoms with Crippen molar-refractivity contribution in [3.8, 4) is 0 Å². The third-order valence-electron chi connectivity index (χ3n) is 2.85. The van der Waals surface area contributed by atoms with Gasteiger partial charge in [0.25, 0.3) is 0 Å². The van der Waals surface area contributed by atoms with E-state index >= 15 is 0 Å². The molecule has 1 radical (unpaired) electrons. The third kappa shape index (κ3) is 2.11. The fourth-order valence-corrected chi connectivity index (χ4v) is 1.91. The molecular formula is C12H17N2O. The molecule has 0 N–H and O–H groups in total. The quantitative estimate of drug-likeness (QED) is 0.705. The van der Waals surface area contributed by atoms with Crippen LogP contribution >= 0.6 is 0 Å². The van der Waals surface area contributed by atoms with Gasteiger partial charge in [-0.05, 0) is 33.3 Å². The van der Waals surface area contributed by atoms with E-state index < -0.39 is 0 Å². The summed E-state index contributed by atoms with van der Waals surface area (Å²) in [6, 6.07) is 1.93. The van der Waals surface area contributed by atoms with E-state index in [1.165, 1.54) is 0 Å². The summed E-state index contributed by atoms with van der Waals surface area (Å²) < 4.78 is 1.85. The zero-order valence-electron chi connectivity index (χ0n) is 9.58. The molecule has 0 saturated heterocycles. The SMILES string of the molecule is CC(C)(C)n1[c]cc(C2CCC(=O)C2)n1. The lowest BCUT2D eigenvalue weighted by molar-refractivity contribution is -0.117. The summed E-state index contributed by atoms with van der Waals surface area (Å²) in [5.74, 6) is 0.697. The summed E-state index contributed by atoms with van der Waals surface area (Å²) in [6.07, 6.45) is 5.46. The Morgan fingerprint density at radius 2 is 2.27 bits per heavy atom. The molecule has 1 heterocycles. The Labute approximate surface area is 90.5 Å². The molecule has 1 fully saturated rings. The molecule has 3 heteroatoms. The Morgan fingerprint density at radius 3 is 2.73 bits per heavy atom. The maximum atomic E-state index is 11.2. The zero-order chi connectivity index (χ0) is 11.1. The van der Waals surface area contributed by atoms with Gasteiger partial charge in [-0.2, -0.15) is 5.10 Å². The molecule has 0 spiro atoms. The van der Waals surface area contributed by atoms with Crippen LogP contribution in [-0.4, -0.2) is 15.6 Å². The van der Waals surface area contributed by atoms with Gasteiger partial charge in [0.15, 0.2) is 0 Å². The van der Waals surface area contributed by atoms with Crippen LogP contribution in [-0.2, 0) is 10.3 Å². The van der Waals surface area contributed by atoms with Crippen molar-refractivity contribution in [1.29, 1.82) is 0 Å². The van der Waals surface area contributed by atoms with Crippen molar-refractivity contribution >= 4 is 5.78 Å². The van der Waals surface area contributed by atoms with E-state index in [-0.39, 0.29) is 5.54 Å². The molecule has 0 amide bonds. The van der Waals surface area contributed by atoms with Crippen molar-refractivity contribution in [3.05, 3.63) is 18.0 Å². The molecule has 1 aliphatic rings. The molecule has 0 aromatic carbocycles. The molecule has 15 heavy (non-hydrogen) atoms. The van der Waals surface area contributed by atoms with Gasteiger partial charge >= 0.3 is 0 Å². The highest BCUT2D eigenvalue weighted by molar-refractivity contribution is 5.81. The first-order chi connectivity index (χ1) is 6.97. The van der Waals surface area contributed by atoms with Crippen LogP contribution in [0.25, 0.3) is 0 Å². The Morgan fingerprint density at radius 1 is 1.53 bits per heavy atom. The highest BCUT2D eigenvalue weighted by Gasteiger charge is 2.26. The summed E-state index contributed by atoms with van der Waals surface area (Å²) in [4.78, 5) is 11.2. The lowest BCUT2D eigenvalue weighted by Gasteiger charge is -2.18. The topological polar surface area (TPSA) is 34.9 Å². The first kappa shape index (κ1) is 10.4. The molecule has 2 rings (SSSR count). The Hall–Kier alpha value is -1.12. The molecule has 1 atom stereocenters. The molecule has 0 bridgehead atoms. The van der Waals surface area contributed by atoms with Gasteiger partial charge in [-0.3, -0.25) is 9.48 Å². The third-order valence-corrected chi connectivity index (χ3v) is 2.85. The number of hydrogen-bond donors (Lipinski definition) is 0. The standard InChI is InChI=1S/C12H17N2O/c1-12(2,3)14-7-6-11(13-14)9-4-5-10(15)8-9/h6,9H,4-5,8H2,1-3H3. The maximum Gasteiger partial charge on any atom is 0.133 e. The summed E-state index contributed by atoms with van der Waals surface area (Å²) in [7, 11) is 0. The monoisotopic (exact) mass is 205 g/mol. The molecule has 1 saturated carbocycles. The predicted octanol–water partition coefficient (Wildman–Crippen LogP) is 2.27. The molecule has 0 aliphatic heterocycles. The van der Waals surface area contributed by atoms with Crippen molar-refractivity contribution in [2.45, 2.75) is 51.5 Å². The summed E-state index contributed by atoms with van der Waals surface area (Å²) in [5, 5.41) is 4.51. The average Bonchev–Trinajstić information content (AvgIpc) is 2.69. The minimum Gasteiger partial charge on any atom is -0.300 e. The molecule has 81 valence electrons. The molecule has 1 aromatic rings. The van der Waals surface area contributed by atoms with Crippen molar-refractivity contribution in [3.63, 3.8) is 0 Å². The number of nitrogens with zero attached hydrogens (tertiary/aromatic N) is 2. The molecule has 3 nitrogen and oxygen atoms in total. The molecule has 1 aliphatic carbocycles. The lowest BCUT2D eigenvalue weighted by Crippen LogP contribution is -2.22. The van der Waals surface area contributed by atoms with E-state index in [4.69, 9.17) is 0 Å². The number of ketones is 1. The van der Waals surface area contributed by atoms with Gasteiger partial charge in [0.2, 0.25) is 0 Å². The van der Waals surface area contributed by atoms with Crippen LogP contribution in [0.4, 0.5) is 0 Å². The fraction of sp³-hybridized carbons (Fsp3) is 0.667. The number of carbonyl (C=O) groups excluding carboxylic acids is 1. The second kappa shape index (κ2) is 3.47. The number of rotatable bonds is 1. The van der Waals surface area contributed by atoms with Crippen LogP contribution < -0.4 is 0 Å². The van der Waals surface area contributed by atoms with Gasteiger partial charge in [0, 0.05) is 18.8 Å². The van der Waals surface area contributed by atoms with E-state index in [0.717, 1.165) is 12.1 Å². The van der Waals surface area contributed by atoms with E-state index in [9.17, 15) is 4.79 Å². The first-order valence-electron chi connectivity index (χ1n) is 5.46. The van der Waals surface area contributed by atoms with E-state index in [0.29, 0.717) is 24.5 Å².